The molecule has 28 heavy (non-hydrogen) atoms. The van der Waals surface area contributed by atoms with Gasteiger partial charge in [0.05, 0.1) is 30.9 Å². The van der Waals surface area contributed by atoms with Gasteiger partial charge in [0, 0.05) is 11.8 Å². The number of hydrogen-bond acceptors (Lipinski definition) is 5. The third-order valence-electron chi connectivity index (χ3n) is 3.96. The van der Waals surface area contributed by atoms with E-state index < -0.39 is 15.9 Å². The second-order valence-corrected chi connectivity index (χ2v) is 7.90. The van der Waals surface area contributed by atoms with Crippen molar-refractivity contribution >= 4 is 45.5 Å². The van der Waals surface area contributed by atoms with Gasteiger partial charge in [-0.2, -0.15) is 0 Å². The number of anilines is 1. The highest BCUT2D eigenvalue weighted by Crippen LogP contribution is 2.29. The van der Waals surface area contributed by atoms with E-state index in [1.54, 1.807) is 62.8 Å². The minimum atomic E-state index is -3.44. The number of nitrogens with two attached hydrogens (primary N) is 1. The molecule has 0 heterocycles. The fraction of sp³-hybridized carbons (Fsp3) is 0.316. The van der Waals surface area contributed by atoms with Crippen molar-refractivity contribution in [1.82, 2.24) is 0 Å². The molecule has 0 saturated carbocycles. The SMILES string of the molecule is CCC(CS(=O)(=O)c1ccccc1)N=C(N)Nc1ccc(OC)c(OC)c1.I. The highest BCUT2D eigenvalue weighted by atomic mass is 127. The normalized spacial score (nSPS) is 12.6. The lowest BCUT2D eigenvalue weighted by molar-refractivity contribution is 0.355. The summed E-state index contributed by atoms with van der Waals surface area (Å²) in [5, 5.41) is 2.96. The quantitative estimate of drug-likeness (QED) is 0.315. The van der Waals surface area contributed by atoms with Gasteiger partial charge in [-0.05, 0) is 30.7 Å². The first-order valence-corrected chi connectivity index (χ1v) is 10.1. The number of nitrogens with zero attached hydrogens (tertiary/aromatic N) is 1. The number of guanidine groups is 1. The summed E-state index contributed by atoms with van der Waals surface area (Å²) in [4.78, 5) is 4.61. The molecule has 0 bridgehead atoms. The Bertz CT molecular complexity index is 889. The van der Waals surface area contributed by atoms with E-state index in [0.29, 0.717) is 23.6 Å². The molecule has 0 radical (unpaired) electrons. The number of ether oxygens (including phenoxy) is 2. The maximum absolute atomic E-state index is 12.5. The largest absolute Gasteiger partial charge is 0.493 e. The Balaban J connectivity index is 0.00000392. The highest BCUT2D eigenvalue weighted by Gasteiger charge is 2.20. The Morgan fingerprint density at radius 3 is 2.32 bits per heavy atom. The standard InChI is InChI=1S/C19H25N3O4S.HI/c1-4-14(13-27(23,24)16-8-6-5-7-9-16)21-19(20)22-15-10-11-17(25-2)18(12-15)26-3;/h5-12,14H,4,13H2,1-3H3,(H3,20,21,22);1H. The molecule has 0 aliphatic heterocycles. The molecule has 0 amide bonds. The van der Waals surface area contributed by atoms with Crippen molar-refractivity contribution in [2.24, 2.45) is 10.7 Å². The van der Waals surface area contributed by atoms with Gasteiger partial charge >= 0.3 is 0 Å². The lowest BCUT2D eigenvalue weighted by Crippen LogP contribution is -2.28. The van der Waals surface area contributed by atoms with E-state index in [2.05, 4.69) is 10.3 Å². The summed E-state index contributed by atoms with van der Waals surface area (Å²) in [7, 11) is -0.339. The van der Waals surface area contributed by atoms with Crippen LogP contribution < -0.4 is 20.5 Å². The van der Waals surface area contributed by atoms with E-state index in [1.807, 2.05) is 6.92 Å². The Morgan fingerprint density at radius 2 is 1.75 bits per heavy atom. The summed E-state index contributed by atoms with van der Waals surface area (Å²) in [5.74, 6) is 1.17. The number of aliphatic imine (C=N–C) groups is 1. The third-order valence-corrected chi connectivity index (χ3v) is 5.78. The van der Waals surface area contributed by atoms with Gasteiger partial charge in [0.1, 0.15) is 0 Å². The Hall–Kier alpha value is -2.01. The maximum atomic E-state index is 12.5. The molecule has 2 aromatic carbocycles. The molecule has 1 atom stereocenters. The molecule has 154 valence electrons. The molecule has 7 nitrogen and oxygen atoms in total. The molecule has 0 fully saturated rings. The molecular formula is C19H26IN3O4S. The minimum Gasteiger partial charge on any atom is -0.493 e. The fourth-order valence-corrected chi connectivity index (χ4v) is 4.10. The van der Waals surface area contributed by atoms with E-state index in [4.69, 9.17) is 15.2 Å². The Morgan fingerprint density at radius 1 is 1.11 bits per heavy atom. The zero-order valence-corrected chi connectivity index (χ0v) is 19.2. The number of rotatable bonds is 8. The average Bonchev–Trinajstić information content (AvgIpc) is 2.67. The summed E-state index contributed by atoms with van der Waals surface area (Å²) < 4.78 is 35.5. The first-order valence-electron chi connectivity index (χ1n) is 8.49. The number of methoxy groups -OCH3 is 2. The summed E-state index contributed by atoms with van der Waals surface area (Å²) in [6.45, 7) is 1.87. The molecule has 2 aromatic rings. The molecular weight excluding hydrogens is 493 g/mol. The van der Waals surface area contributed by atoms with Crippen molar-refractivity contribution in [2.45, 2.75) is 24.3 Å². The molecule has 3 N–H and O–H groups in total. The van der Waals surface area contributed by atoms with Crippen LogP contribution in [0.1, 0.15) is 13.3 Å². The molecule has 0 spiro atoms. The van der Waals surface area contributed by atoms with Gasteiger partial charge in [0.15, 0.2) is 27.3 Å². The molecule has 0 aromatic heterocycles. The Kier molecular flexibility index (Phi) is 9.53. The van der Waals surface area contributed by atoms with Gasteiger partial charge in [-0.15, -0.1) is 24.0 Å². The molecule has 2 rings (SSSR count). The predicted octanol–water partition coefficient (Wildman–Crippen LogP) is 3.30. The maximum Gasteiger partial charge on any atom is 0.193 e. The second-order valence-electron chi connectivity index (χ2n) is 5.87. The summed E-state index contributed by atoms with van der Waals surface area (Å²) in [6, 6.07) is 13.1. The van der Waals surface area contributed by atoms with Crippen LogP contribution in [0.2, 0.25) is 0 Å². The number of halogens is 1. The van der Waals surface area contributed by atoms with Crippen molar-refractivity contribution < 1.29 is 17.9 Å². The monoisotopic (exact) mass is 519 g/mol. The highest BCUT2D eigenvalue weighted by molar-refractivity contribution is 14.0. The van der Waals surface area contributed by atoms with E-state index in [0.717, 1.165) is 0 Å². The van der Waals surface area contributed by atoms with E-state index in [1.165, 1.54) is 0 Å². The average molecular weight is 519 g/mol. The zero-order valence-electron chi connectivity index (χ0n) is 16.1. The van der Waals surface area contributed by atoms with Gasteiger partial charge in [-0.25, -0.2) is 13.4 Å². The summed E-state index contributed by atoms with van der Waals surface area (Å²) in [6.07, 6.45) is 0.542. The van der Waals surface area contributed by atoms with Crippen molar-refractivity contribution in [3.05, 3.63) is 48.5 Å². The van der Waals surface area contributed by atoms with Crippen LogP contribution >= 0.6 is 24.0 Å². The lowest BCUT2D eigenvalue weighted by atomic mass is 10.2. The van der Waals surface area contributed by atoms with Crippen LogP contribution in [0, 0.1) is 0 Å². The molecule has 0 aliphatic rings. The molecule has 0 saturated heterocycles. The van der Waals surface area contributed by atoms with Gasteiger partial charge in [0.25, 0.3) is 0 Å². The molecule has 9 heteroatoms. The van der Waals surface area contributed by atoms with Crippen molar-refractivity contribution in [3.63, 3.8) is 0 Å². The van der Waals surface area contributed by atoms with E-state index >= 15 is 0 Å². The van der Waals surface area contributed by atoms with Gasteiger partial charge < -0.3 is 20.5 Å². The first kappa shape index (κ1) is 24.0. The van der Waals surface area contributed by atoms with Crippen LogP contribution in [-0.4, -0.2) is 40.4 Å². The predicted molar refractivity (Wildman–Crippen MR) is 123 cm³/mol. The van der Waals surface area contributed by atoms with Gasteiger partial charge in [-0.1, -0.05) is 25.1 Å². The first-order chi connectivity index (χ1) is 12.9. The van der Waals surface area contributed by atoms with Crippen LogP contribution in [0.3, 0.4) is 0 Å². The third kappa shape index (κ3) is 6.55. The van der Waals surface area contributed by atoms with Crippen LogP contribution in [-0.2, 0) is 9.84 Å². The Labute approximate surface area is 183 Å². The van der Waals surface area contributed by atoms with Gasteiger partial charge in [0.2, 0.25) is 0 Å². The van der Waals surface area contributed by atoms with Crippen molar-refractivity contribution in [2.75, 3.05) is 25.3 Å². The topological polar surface area (TPSA) is 103 Å². The summed E-state index contributed by atoms with van der Waals surface area (Å²) >= 11 is 0. The van der Waals surface area contributed by atoms with Crippen molar-refractivity contribution in [1.29, 1.82) is 0 Å². The number of hydrogen-bond donors (Lipinski definition) is 2. The number of sulfone groups is 1. The van der Waals surface area contributed by atoms with E-state index in [9.17, 15) is 8.42 Å². The van der Waals surface area contributed by atoms with Crippen LogP contribution in [0.4, 0.5) is 5.69 Å². The second kappa shape index (κ2) is 11.1. The van der Waals surface area contributed by atoms with Crippen molar-refractivity contribution in [3.8, 4) is 11.5 Å². The zero-order chi connectivity index (χ0) is 19.9. The van der Waals surface area contributed by atoms with Gasteiger partial charge in [-0.3, -0.25) is 0 Å². The van der Waals surface area contributed by atoms with E-state index in [-0.39, 0.29) is 40.6 Å². The van der Waals surface area contributed by atoms with Crippen LogP contribution in [0.5, 0.6) is 11.5 Å². The fourth-order valence-electron chi connectivity index (χ4n) is 2.51. The summed E-state index contributed by atoms with van der Waals surface area (Å²) in [5.41, 5.74) is 6.64. The molecule has 0 aliphatic carbocycles. The lowest BCUT2D eigenvalue weighted by Gasteiger charge is -2.14. The minimum absolute atomic E-state index is 0. The van der Waals surface area contributed by atoms with Crippen LogP contribution in [0.25, 0.3) is 0 Å². The number of nitrogens with one attached hydrogen (secondary N) is 1. The molecule has 1 unspecified atom stereocenters. The number of benzene rings is 2. The van der Waals surface area contributed by atoms with Crippen LogP contribution in [0.15, 0.2) is 58.4 Å². The smallest absolute Gasteiger partial charge is 0.193 e.